The lowest BCUT2D eigenvalue weighted by Crippen LogP contribution is -2.34. The molecule has 3 heterocycles. The van der Waals surface area contributed by atoms with E-state index in [1.165, 1.54) is 12.1 Å². The third-order valence-electron chi connectivity index (χ3n) is 3.23. The van der Waals surface area contributed by atoms with E-state index in [0.717, 1.165) is 0 Å². The number of hydrazone groups is 1. The third-order valence-corrected chi connectivity index (χ3v) is 3.23. The SMILES string of the molecule is CN1N=C(C(=O)Nc2cccnc2-n2cccn2)CCC1=O. The molecule has 0 saturated carbocycles. The smallest absolute Gasteiger partial charge is 0.271 e. The van der Waals surface area contributed by atoms with Crippen LogP contribution in [0.25, 0.3) is 5.82 Å². The minimum atomic E-state index is -0.347. The van der Waals surface area contributed by atoms with Crippen LogP contribution in [0.2, 0.25) is 0 Å². The summed E-state index contributed by atoms with van der Waals surface area (Å²) in [6.45, 7) is 0. The first-order chi connectivity index (χ1) is 10.6. The fourth-order valence-corrected chi connectivity index (χ4v) is 2.10. The van der Waals surface area contributed by atoms with Gasteiger partial charge in [-0.3, -0.25) is 9.59 Å². The molecule has 1 aliphatic heterocycles. The van der Waals surface area contributed by atoms with Gasteiger partial charge in [0, 0.05) is 38.5 Å². The predicted molar refractivity (Wildman–Crippen MR) is 79.4 cm³/mol. The second kappa shape index (κ2) is 5.76. The zero-order chi connectivity index (χ0) is 15.5. The summed E-state index contributed by atoms with van der Waals surface area (Å²) in [7, 11) is 1.54. The molecule has 1 aliphatic rings. The largest absolute Gasteiger partial charge is 0.318 e. The third kappa shape index (κ3) is 2.71. The highest BCUT2D eigenvalue weighted by atomic mass is 16.2. The van der Waals surface area contributed by atoms with E-state index in [0.29, 0.717) is 23.6 Å². The van der Waals surface area contributed by atoms with E-state index in [-0.39, 0.29) is 18.2 Å². The lowest BCUT2D eigenvalue weighted by Gasteiger charge is -2.19. The van der Waals surface area contributed by atoms with Crippen molar-refractivity contribution < 1.29 is 9.59 Å². The molecule has 8 nitrogen and oxygen atoms in total. The quantitative estimate of drug-likeness (QED) is 0.907. The van der Waals surface area contributed by atoms with Crippen LogP contribution in [0.5, 0.6) is 0 Å². The van der Waals surface area contributed by atoms with Gasteiger partial charge in [0.25, 0.3) is 5.91 Å². The molecule has 2 aromatic heterocycles. The summed E-state index contributed by atoms with van der Waals surface area (Å²) in [5.74, 6) is 0.0672. The fraction of sp³-hybridized carbons (Fsp3) is 0.214. The molecule has 1 N–H and O–H groups in total. The highest BCUT2D eigenvalue weighted by Gasteiger charge is 2.22. The number of carbonyl (C=O) groups excluding carboxylic acids is 2. The van der Waals surface area contributed by atoms with Crippen molar-refractivity contribution in [3.8, 4) is 5.82 Å². The number of pyridine rings is 1. The molecule has 0 bridgehead atoms. The van der Waals surface area contributed by atoms with E-state index in [4.69, 9.17) is 0 Å². The number of rotatable bonds is 3. The first-order valence-electron chi connectivity index (χ1n) is 6.75. The fourth-order valence-electron chi connectivity index (χ4n) is 2.10. The van der Waals surface area contributed by atoms with Gasteiger partial charge >= 0.3 is 0 Å². The molecule has 0 unspecified atom stereocenters. The lowest BCUT2D eigenvalue weighted by atomic mass is 10.1. The summed E-state index contributed by atoms with van der Waals surface area (Å²) in [6, 6.07) is 5.23. The molecule has 3 rings (SSSR count). The molecule has 112 valence electrons. The van der Waals surface area contributed by atoms with Crippen LogP contribution in [-0.4, -0.2) is 44.3 Å². The van der Waals surface area contributed by atoms with Gasteiger partial charge < -0.3 is 5.32 Å². The first kappa shape index (κ1) is 13.9. The van der Waals surface area contributed by atoms with Crippen molar-refractivity contribution in [2.75, 3.05) is 12.4 Å². The highest BCUT2D eigenvalue weighted by molar-refractivity contribution is 6.43. The molecule has 0 spiro atoms. The molecule has 0 aliphatic carbocycles. The van der Waals surface area contributed by atoms with Crippen LogP contribution in [0.4, 0.5) is 5.69 Å². The van der Waals surface area contributed by atoms with Crippen LogP contribution < -0.4 is 5.32 Å². The van der Waals surface area contributed by atoms with Crippen LogP contribution in [0.3, 0.4) is 0 Å². The number of anilines is 1. The molecular formula is C14H14N6O2. The van der Waals surface area contributed by atoms with E-state index < -0.39 is 0 Å². The van der Waals surface area contributed by atoms with Gasteiger partial charge in [0.15, 0.2) is 5.82 Å². The number of hydrogen-bond donors (Lipinski definition) is 1. The zero-order valence-corrected chi connectivity index (χ0v) is 11.9. The van der Waals surface area contributed by atoms with Crippen LogP contribution in [-0.2, 0) is 9.59 Å². The summed E-state index contributed by atoms with van der Waals surface area (Å²) in [6.07, 6.45) is 5.60. The Morgan fingerprint density at radius 3 is 2.86 bits per heavy atom. The highest BCUT2D eigenvalue weighted by Crippen LogP contribution is 2.17. The molecule has 0 radical (unpaired) electrons. The average molecular weight is 298 g/mol. The maximum atomic E-state index is 12.3. The standard InChI is InChI=1S/C14H14N6O2/c1-19-12(21)6-5-11(18-19)14(22)17-10-4-2-7-15-13(10)20-9-3-8-16-20/h2-4,7-9H,5-6H2,1H3,(H,17,22). The second-order valence-electron chi connectivity index (χ2n) is 4.74. The van der Waals surface area contributed by atoms with E-state index >= 15 is 0 Å². The Hall–Kier alpha value is -3.03. The Kier molecular flexibility index (Phi) is 3.65. The van der Waals surface area contributed by atoms with Gasteiger partial charge in [0.1, 0.15) is 5.71 Å². The molecule has 0 saturated heterocycles. The van der Waals surface area contributed by atoms with Crippen LogP contribution in [0, 0.1) is 0 Å². The van der Waals surface area contributed by atoms with Crippen LogP contribution in [0.15, 0.2) is 41.9 Å². The van der Waals surface area contributed by atoms with Crippen molar-refractivity contribution in [3.63, 3.8) is 0 Å². The first-order valence-corrected chi connectivity index (χ1v) is 6.75. The molecule has 0 fully saturated rings. The molecule has 2 aromatic rings. The maximum absolute atomic E-state index is 12.3. The number of amides is 2. The Bertz CT molecular complexity index is 738. The van der Waals surface area contributed by atoms with Gasteiger partial charge in [0.2, 0.25) is 5.91 Å². The zero-order valence-electron chi connectivity index (χ0n) is 11.9. The van der Waals surface area contributed by atoms with Crippen LogP contribution in [0.1, 0.15) is 12.8 Å². The van der Waals surface area contributed by atoms with Crippen molar-refractivity contribution in [1.82, 2.24) is 19.8 Å². The minimum absolute atomic E-state index is 0.102. The molecule has 0 aromatic carbocycles. The molecule has 2 amide bonds. The van der Waals surface area contributed by atoms with Crippen molar-refractivity contribution in [2.24, 2.45) is 5.10 Å². The maximum Gasteiger partial charge on any atom is 0.271 e. The van der Waals surface area contributed by atoms with Crippen molar-refractivity contribution in [1.29, 1.82) is 0 Å². The van der Waals surface area contributed by atoms with Gasteiger partial charge in [-0.05, 0) is 18.2 Å². The molecule has 0 atom stereocenters. The van der Waals surface area contributed by atoms with Gasteiger partial charge in [-0.1, -0.05) is 0 Å². The normalized spacial score (nSPS) is 14.7. The van der Waals surface area contributed by atoms with E-state index in [2.05, 4.69) is 20.5 Å². The van der Waals surface area contributed by atoms with Crippen molar-refractivity contribution >= 4 is 23.2 Å². The average Bonchev–Trinajstić information content (AvgIpc) is 3.04. The summed E-state index contributed by atoms with van der Waals surface area (Å²) in [5.41, 5.74) is 0.843. The van der Waals surface area contributed by atoms with Crippen molar-refractivity contribution in [2.45, 2.75) is 12.8 Å². The summed E-state index contributed by atoms with van der Waals surface area (Å²) in [5, 5.41) is 12.1. The van der Waals surface area contributed by atoms with Gasteiger partial charge in [-0.2, -0.15) is 10.2 Å². The van der Waals surface area contributed by atoms with Gasteiger partial charge in [-0.15, -0.1) is 0 Å². The van der Waals surface area contributed by atoms with E-state index in [9.17, 15) is 9.59 Å². The summed E-state index contributed by atoms with van der Waals surface area (Å²) < 4.78 is 1.56. The Morgan fingerprint density at radius 2 is 2.14 bits per heavy atom. The minimum Gasteiger partial charge on any atom is -0.318 e. The monoisotopic (exact) mass is 298 g/mol. The predicted octanol–water partition coefficient (Wildman–Crippen LogP) is 0.814. The molecule has 22 heavy (non-hydrogen) atoms. The Balaban J connectivity index is 1.84. The molecule has 8 heteroatoms. The number of nitrogens with one attached hydrogen (secondary N) is 1. The number of hydrogen-bond acceptors (Lipinski definition) is 5. The topological polar surface area (TPSA) is 92.5 Å². The lowest BCUT2D eigenvalue weighted by molar-refractivity contribution is -0.130. The molecular weight excluding hydrogens is 284 g/mol. The number of carbonyl (C=O) groups is 2. The van der Waals surface area contributed by atoms with Gasteiger partial charge in [0.05, 0.1) is 5.69 Å². The summed E-state index contributed by atoms with van der Waals surface area (Å²) in [4.78, 5) is 27.9. The van der Waals surface area contributed by atoms with E-state index in [1.807, 2.05) is 0 Å². The number of nitrogens with zero attached hydrogens (tertiary/aromatic N) is 5. The summed E-state index contributed by atoms with van der Waals surface area (Å²) >= 11 is 0. The number of aromatic nitrogens is 3. The van der Waals surface area contributed by atoms with Crippen LogP contribution >= 0.6 is 0 Å². The Morgan fingerprint density at radius 1 is 1.27 bits per heavy atom. The van der Waals surface area contributed by atoms with E-state index in [1.54, 1.807) is 41.5 Å². The second-order valence-corrected chi connectivity index (χ2v) is 4.74. The van der Waals surface area contributed by atoms with Gasteiger partial charge in [-0.25, -0.2) is 14.7 Å². The Labute approximate surface area is 126 Å². The van der Waals surface area contributed by atoms with Crippen molar-refractivity contribution in [3.05, 3.63) is 36.8 Å².